The number of unbranched alkanes of at least 4 members (excludes halogenated alkanes) is 2. The third kappa shape index (κ3) is 6.25. The SMILES string of the molecule is CCCCN(CCCC)C(=O)/C=C/c1cccc(Cl)c1. The van der Waals surface area contributed by atoms with E-state index in [9.17, 15) is 4.79 Å². The van der Waals surface area contributed by atoms with Crippen molar-refractivity contribution in [2.45, 2.75) is 39.5 Å². The monoisotopic (exact) mass is 293 g/mol. The van der Waals surface area contributed by atoms with Crippen molar-refractivity contribution in [1.82, 2.24) is 4.90 Å². The maximum absolute atomic E-state index is 12.2. The van der Waals surface area contributed by atoms with Crippen LogP contribution in [-0.2, 0) is 4.79 Å². The lowest BCUT2D eigenvalue weighted by Gasteiger charge is -2.20. The highest BCUT2D eigenvalue weighted by atomic mass is 35.5. The Morgan fingerprint density at radius 3 is 2.40 bits per heavy atom. The minimum Gasteiger partial charge on any atom is -0.339 e. The van der Waals surface area contributed by atoms with Gasteiger partial charge >= 0.3 is 0 Å². The summed E-state index contributed by atoms with van der Waals surface area (Å²) < 4.78 is 0. The zero-order valence-corrected chi connectivity index (χ0v) is 13.2. The van der Waals surface area contributed by atoms with Gasteiger partial charge in [-0.25, -0.2) is 0 Å². The smallest absolute Gasteiger partial charge is 0.246 e. The number of hydrogen-bond donors (Lipinski definition) is 0. The summed E-state index contributed by atoms with van der Waals surface area (Å²) >= 11 is 5.93. The fourth-order valence-corrected chi connectivity index (χ4v) is 2.11. The van der Waals surface area contributed by atoms with Gasteiger partial charge in [0, 0.05) is 24.2 Å². The number of halogens is 1. The van der Waals surface area contributed by atoms with Crippen LogP contribution in [0.25, 0.3) is 6.08 Å². The summed E-state index contributed by atoms with van der Waals surface area (Å²) in [4.78, 5) is 14.2. The van der Waals surface area contributed by atoms with Gasteiger partial charge in [0.1, 0.15) is 0 Å². The van der Waals surface area contributed by atoms with E-state index in [1.54, 1.807) is 6.08 Å². The maximum atomic E-state index is 12.2. The van der Waals surface area contributed by atoms with Gasteiger partial charge in [0.2, 0.25) is 5.91 Å². The molecule has 0 bridgehead atoms. The average molecular weight is 294 g/mol. The highest BCUT2D eigenvalue weighted by Gasteiger charge is 2.08. The zero-order valence-electron chi connectivity index (χ0n) is 12.4. The maximum Gasteiger partial charge on any atom is 0.246 e. The third-order valence-corrected chi connectivity index (χ3v) is 3.38. The van der Waals surface area contributed by atoms with E-state index in [2.05, 4.69) is 13.8 Å². The molecular weight excluding hydrogens is 270 g/mol. The molecule has 0 aromatic heterocycles. The second-order valence-corrected chi connectivity index (χ2v) is 5.36. The summed E-state index contributed by atoms with van der Waals surface area (Å²) in [6.45, 7) is 5.97. The topological polar surface area (TPSA) is 20.3 Å². The third-order valence-electron chi connectivity index (χ3n) is 3.14. The molecule has 20 heavy (non-hydrogen) atoms. The van der Waals surface area contributed by atoms with Crippen molar-refractivity contribution in [3.63, 3.8) is 0 Å². The normalized spacial score (nSPS) is 10.9. The molecule has 1 amide bonds. The molecule has 1 rings (SSSR count). The first-order chi connectivity index (χ1) is 9.67. The Kier molecular flexibility index (Phi) is 8.05. The number of rotatable bonds is 8. The highest BCUT2D eigenvalue weighted by molar-refractivity contribution is 6.30. The second-order valence-electron chi connectivity index (χ2n) is 4.92. The summed E-state index contributed by atoms with van der Waals surface area (Å²) in [6.07, 6.45) is 7.80. The summed E-state index contributed by atoms with van der Waals surface area (Å²) in [5.41, 5.74) is 0.955. The predicted molar refractivity (Wildman–Crippen MR) is 86.9 cm³/mol. The van der Waals surface area contributed by atoms with Crippen LogP contribution in [0.4, 0.5) is 0 Å². The van der Waals surface area contributed by atoms with E-state index in [1.807, 2.05) is 35.2 Å². The van der Waals surface area contributed by atoms with E-state index >= 15 is 0 Å². The molecule has 0 spiro atoms. The molecule has 0 aliphatic carbocycles. The molecule has 0 heterocycles. The molecule has 2 nitrogen and oxygen atoms in total. The van der Waals surface area contributed by atoms with Crippen LogP contribution in [0.5, 0.6) is 0 Å². The van der Waals surface area contributed by atoms with Gasteiger partial charge in [-0.05, 0) is 36.6 Å². The fraction of sp³-hybridized carbons (Fsp3) is 0.471. The summed E-state index contributed by atoms with van der Waals surface area (Å²) in [5, 5.41) is 0.688. The minimum atomic E-state index is 0.0897. The van der Waals surface area contributed by atoms with Crippen LogP contribution in [0.15, 0.2) is 30.3 Å². The molecule has 0 unspecified atom stereocenters. The quantitative estimate of drug-likeness (QED) is 0.632. The number of carbonyl (C=O) groups excluding carboxylic acids is 1. The van der Waals surface area contributed by atoms with E-state index < -0.39 is 0 Å². The number of benzene rings is 1. The van der Waals surface area contributed by atoms with E-state index in [1.165, 1.54) is 0 Å². The Balaban J connectivity index is 2.63. The highest BCUT2D eigenvalue weighted by Crippen LogP contribution is 2.12. The summed E-state index contributed by atoms with van der Waals surface area (Å²) in [5.74, 6) is 0.0897. The van der Waals surface area contributed by atoms with Gasteiger partial charge in [-0.1, -0.05) is 50.4 Å². The van der Waals surface area contributed by atoms with E-state index in [0.29, 0.717) is 5.02 Å². The fourth-order valence-electron chi connectivity index (χ4n) is 1.91. The van der Waals surface area contributed by atoms with Gasteiger partial charge in [-0.2, -0.15) is 0 Å². The lowest BCUT2D eigenvalue weighted by atomic mass is 10.2. The van der Waals surface area contributed by atoms with Crippen LogP contribution in [0.2, 0.25) is 5.02 Å². The average Bonchev–Trinajstić information content (AvgIpc) is 2.45. The van der Waals surface area contributed by atoms with E-state index in [0.717, 1.165) is 44.3 Å². The van der Waals surface area contributed by atoms with Crippen LogP contribution in [0.3, 0.4) is 0 Å². The second kappa shape index (κ2) is 9.60. The molecule has 3 heteroatoms. The first-order valence-corrected chi connectivity index (χ1v) is 7.77. The number of hydrogen-bond acceptors (Lipinski definition) is 1. The van der Waals surface area contributed by atoms with Crippen molar-refractivity contribution in [2.75, 3.05) is 13.1 Å². The molecule has 0 aliphatic heterocycles. The van der Waals surface area contributed by atoms with Crippen LogP contribution in [-0.4, -0.2) is 23.9 Å². The predicted octanol–water partition coefficient (Wildman–Crippen LogP) is 4.78. The number of nitrogens with zero attached hydrogens (tertiary/aromatic N) is 1. The summed E-state index contributed by atoms with van der Waals surface area (Å²) in [7, 11) is 0. The molecule has 0 saturated heterocycles. The first-order valence-electron chi connectivity index (χ1n) is 7.40. The lowest BCUT2D eigenvalue weighted by Crippen LogP contribution is -2.31. The van der Waals surface area contributed by atoms with Crippen molar-refractivity contribution in [2.24, 2.45) is 0 Å². The van der Waals surface area contributed by atoms with Gasteiger partial charge in [0.25, 0.3) is 0 Å². The number of amides is 1. The van der Waals surface area contributed by atoms with Crippen LogP contribution in [0, 0.1) is 0 Å². The molecule has 0 radical (unpaired) electrons. The van der Waals surface area contributed by atoms with Crippen molar-refractivity contribution in [1.29, 1.82) is 0 Å². The molecular formula is C17H24ClNO. The van der Waals surface area contributed by atoms with E-state index in [-0.39, 0.29) is 5.91 Å². The molecule has 1 aromatic rings. The Labute approximate surface area is 127 Å². The molecule has 0 atom stereocenters. The van der Waals surface area contributed by atoms with Crippen molar-refractivity contribution < 1.29 is 4.79 Å². The lowest BCUT2D eigenvalue weighted by molar-refractivity contribution is -0.126. The minimum absolute atomic E-state index is 0.0897. The Bertz CT molecular complexity index is 434. The van der Waals surface area contributed by atoms with Crippen LogP contribution >= 0.6 is 11.6 Å². The van der Waals surface area contributed by atoms with Gasteiger partial charge in [0.15, 0.2) is 0 Å². The molecule has 0 fully saturated rings. The number of carbonyl (C=O) groups is 1. The zero-order chi connectivity index (χ0) is 14.8. The van der Waals surface area contributed by atoms with Crippen LogP contribution < -0.4 is 0 Å². The van der Waals surface area contributed by atoms with Gasteiger partial charge in [-0.15, -0.1) is 0 Å². The Morgan fingerprint density at radius 1 is 1.20 bits per heavy atom. The Hall–Kier alpha value is -1.28. The van der Waals surface area contributed by atoms with Crippen molar-refractivity contribution >= 4 is 23.6 Å². The molecule has 110 valence electrons. The molecule has 0 N–H and O–H groups in total. The van der Waals surface area contributed by atoms with Gasteiger partial charge in [-0.3, -0.25) is 4.79 Å². The van der Waals surface area contributed by atoms with Crippen molar-refractivity contribution in [3.8, 4) is 0 Å². The first kappa shape index (κ1) is 16.8. The van der Waals surface area contributed by atoms with E-state index in [4.69, 9.17) is 11.6 Å². The van der Waals surface area contributed by atoms with Crippen LogP contribution in [0.1, 0.15) is 45.1 Å². The van der Waals surface area contributed by atoms with Gasteiger partial charge in [0.05, 0.1) is 0 Å². The molecule has 0 aliphatic rings. The molecule has 1 aromatic carbocycles. The van der Waals surface area contributed by atoms with Gasteiger partial charge < -0.3 is 4.90 Å². The van der Waals surface area contributed by atoms with Crippen molar-refractivity contribution in [3.05, 3.63) is 40.9 Å². The summed E-state index contributed by atoms with van der Waals surface area (Å²) in [6, 6.07) is 7.51. The largest absolute Gasteiger partial charge is 0.339 e. The Morgan fingerprint density at radius 2 is 1.85 bits per heavy atom. The standard InChI is InChI=1S/C17H24ClNO/c1-3-5-12-19(13-6-4-2)17(20)11-10-15-8-7-9-16(18)14-15/h7-11,14H,3-6,12-13H2,1-2H3/b11-10+. The molecule has 0 saturated carbocycles.